The van der Waals surface area contributed by atoms with Gasteiger partial charge < -0.3 is 28.7 Å². The summed E-state index contributed by atoms with van der Waals surface area (Å²) in [7, 11) is 0. The third-order valence-electron chi connectivity index (χ3n) is 4.00. The molecule has 1 rings (SSSR count). The van der Waals surface area contributed by atoms with Crippen LogP contribution in [0.15, 0.2) is 42.5 Å². The van der Waals surface area contributed by atoms with Gasteiger partial charge in [0.05, 0.1) is 13.1 Å². The highest BCUT2D eigenvalue weighted by Crippen LogP contribution is 2.21. The molecule has 118 valence electrons. The molecule has 21 heavy (non-hydrogen) atoms. The lowest BCUT2D eigenvalue weighted by atomic mass is 10.1. The molecule has 0 heterocycles. The van der Waals surface area contributed by atoms with Gasteiger partial charge in [-0.15, -0.1) is 0 Å². The summed E-state index contributed by atoms with van der Waals surface area (Å²) >= 11 is 0. The van der Waals surface area contributed by atoms with Crippen molar-refractivity contribution in [3.05, 3.63) is 48.0 Å². The first-order valence-corrected chi connectivity index (χ1v) is 7.21. The molecule has 0 aliphatic rings. The van der Waals surface area contributed by atoms with Gasteiger partial charge in [0.25, 0.3) is 0 Å². The predicted molar refractivity (Wildman–Crippen MR) is 81.9 cm³/mol. The molecule has 3 nitrogen and oxygen atoms in total. The summed E-state index contributed by atoms with van der Waals surface area (Å²) in [6, 6.07) is 10.3. The number of ether oxygens (including phenoxy) is 1. The SMILES string of the molecule is C=C(C)C(=O)OC(C)[N+](CC)(CC)Cc1ccccc1.[I-]. The number of nitrogens with zero attached hydrogens (tertiary/aromatic N) is 1. The molecular weight excluding hydrogens is 377 g/mol. The Balaban J connectivity index is 0.00000400. The molecule has 0 radical (unpaired) electrons. The topological polar surface area (TPSA) is 26.3 Å². The van der Waals surface area contributed by atoms with Gasteiger partial charge in [-0.25, -0.2) is 4.79 Å². The van der Waals surface area contributed by atoms with Crippen molar-refractivity contribution in [1.29, 1.82) is 0 Å². The zero-order valence-corrected chi connectivity index (χ0v) is 15.6. The molecule has 1 aromatic rings. The predicted octanol–water partition coefficient (Wildman–Crippen LogP) is 0.513. The van der Waals surface area contributed by atoms with Crippen LogP contribution >= 0.6 is 0 Å². The third kappa shape index (κ3) is 5.43. The van der Waals surface area contributed by atoms with Crippen LogP contribution in [0.4, 0.5) is 0 Å². The van der Waals surface area contributed by atoms with Gasteiger partial charge in [-0.3, -0.25) is 4.48 Å². The second kappa shape index (κ2) is 9.20. The molecule has 0 aromatic heterocycles. The minimum Gasteiger partial charge on any atom is -1.00 e. The van der Waals surface area contributed by atoms with E-state index in [0.717, 1.165) is 24.1 Å². The molecule has 4 heteroatoms. The lowest BCUT2D eigenvalue weighted by Gasteiger charge is -2.41. The third-order valence-corrected chi connectivity index (χ3v) is 4.00. The first-order chi connectivity index (χ1) is 9.45. The van der Waals surface area contributed by atoms with Gasteiger partial charge in [0.2, 0.25) is 6.23 Å². The van der Waals surface area contributed by atoms with Crippen molar-refractivity contribution < 1.29 is 38.0 Å². The first-order valence-electron chi connectivity index (χ1n) is 7.21. The van der Waals surface area contributed by atoms with Crippen molar-refractivity contribution >= 4 is 5.97 Å². The molecule has 0 aliphatic carbocycles. The Morgan fingerprint density at radius 1 is 1.24 bits per heavy atom. The molecule has 0 amide bonds. The maximum atomic E-state index is 11.8. The Morgan fingerprint density at radius 2 is 1.76 bits per heavy atom. The van der Waals surface area contributed by atoms with Crippen molar-refractivity contribution in [3.63, 3.8) is 0 Å². The second-order valence-electron chi connectivity index (χ2n) is 5.28. The van der Waals surface area contributed by atoms with Crippen LogP contribution in [-0.4, -0.2) is 29.8 Å². The van der Waals surface area contributed by atoms with Gasteiger partial charge in [-0.1, -0.05) is 36.9 Å². The highest BCUT2D eigenvalue weighted by Gasteiger charge is 2.33. The Kier molecular flexibility index (Phi) is 8.82. The molecule has 0 spiro atoms. The maximum Gasteiger partial charge on any atom is 0.337 e. The molecule has 0 aliphatic heterocycles. The largest absolute Gasteiger partial charge is 1.00 e. The summed E-state index contributed by atoms with van der Waals surface area (Å²) in [6.07, 6.45) is -0.186. The number of carbonyl (C=O) groups is 1. The van der Waals surface area contributed by atoms with E-state index in [1.54, 1.807) is 6.92 Å². The monoisotopic (exact) mass is 403 g/mol. The van der Waals surface area contributed by atoms with E-state index >= 15 is 0 Å². The average molecular weight is 403 g/mol. The van der Waals surface area contributed by atoms with Gasteiger partial charge in [0.15, 0.2) is 0 Å². The zero-order chi connectivity index (χ0) is 15.2. The van der Waals surface area contributed by atoms with Crippen molar-refractivity contribution in [2.75, 3.05) is 13.1 Å². The highest BCUT2D eigenvalue weighted by molar-refractivity contribution is 5.86. The minimum atomic E-state index is -0.310. The average Bonchev–Trinajstić information content (AvgIpc) is 2.45. The Morgan fingerprint density at radius 3 is 2.19 bits per heavy atom. The van der Waals surface area contributed by atoms with E-state index in [9.17, 15) is 4.79 Å². The van der Waals surface area contributed by atoms with Crippen LogP contribution in [0.25, 0.3) is 0 Å². The van der Waals surface area contributed by atoms with Crippen molar-refractivity contribution in [2.45, 2.75) is 40.5 Å². The van der Waals surface area contributed by atoms with Gasteiger partial charge in [0, 0.05) is 18.1 Å². The Labute approximate surface area is 145 Å². The van der Waals surface area contributed by atoms with Crippen LogP contribution in [0.5, 0.6) is 0 Å². The van der Waals surface area contributed by atoms with E-state index in [-0.39, 0.29) is 36.2 Å². The Hall–Kier alpha value is -0.880. The number of carbonyl (C=O) groups excluding carboxylic acids is 1. The highest BCUT2D eigenvalue weighted by atomic mass is 127. The van der Waals surface area contributed by atoms with Crippen LogP contribution < -0.4 is 24.0 Å². The van der Waals surface area contributed by atoms with E-state index in [2.05, 4.69) is 32.6 Å². The van der Waals surface area contributed by atoms with Crippen molar-refractivity contribution in [3.8, 4) is 0 Å². The lowest BCUT2D eigenvalue weighted by molar-refractivity contribution is -0.976. The van der Waals surface area contributed by atoms with Crippen LogP contribution in [0.3, 0.4) is 0 Å². The number of hydrogen-bond acceptors (Lipinski definition) is 2. The van der Waals surface area contributed by atoms with E-state index in [4.69, 9.17) is 4.74 Å². The van der Waals surface area contributed by atoms with E-state index in [0.29, 0.717) is 5.57 Å². The normalized spacial score (nSPS) is 12.2. The molecule has 1 aromatic carbocycles. The van der Waals surface area contributed by atoms with Gasteiger partial charge >= 0.3 is 5.97 Å². The summed E-state index contributed by atoms with van der Waals surface area (Å²) < 4.78 is 6.29. The molecule has 1 unspecified atom stereocenters. The zero-order valence-electron chi connectivity index (χ0n) is 13.4. The maximum absolute atomic E-state index is 11.8. The van der Waals surface area contributed by atoms with Gasteiger partial charge in [-0.2, -0.15) is 0 Å². The van der Waals surface area contributed by atoms with Crippen LogP contribution in [0, 0.1) is 0 Å². The Bertz CT molecular complexity index is 455. The lowest BCUT2D eigenvalue weighted by Crippen LogP contribution is -3.00. The van der Waals surface area contributed by atoms with Crippen LogP contribution in [0.2, 0.25) is 0 Å². The first kappa shape index (κ1) is 20.1. The number of hydrogen-bond donors (Lipinski definition) is 0. The molecular formula is C17H26INO2. The quantitative estimate of drug-likeness (QED) is 0.218. The number of halogens is 1. The fraction of sp³-hybridized carbons (Fsp3) is 0.471. The van der Waals surface area contributed by atoms with Crippen molar-refractivity contribution in [2.24, 2.45) is 0 Å². The molecule has 0 fully saturated rings. The summed E-state index contributed by atoms with van der Waals surface area (Å²) in [5, 5.41) is 0. The smallest absolute Gasteiger partial charge is 0.337 e. The van der Waals surface area contributed by atoms with Crippen LogP contribution in [-0.2, 0) is 16.1 Å². The summed E-state index contributed by atoms with van der Waals surface area (Å²) in [6.45, 7) is 14.3. The molecule has 0 saturated carbocycles. The number of rotatable bonds is 7. The van der Waals surface area contributed by atoms with Crippen LogP contribution in [0.1, 0.15) is 33.3 Å². The molecule has 0 saturated heterocycles. The number of esters is 1. The van der Waals surface area contributed by atoms with Crippen molar-refractivity contribution in [1.82, 2.24) is 0 Å². The molecule has 0 N–H and O–H groups in total. The molecule has 1 atom stereocenters. The number of quaternary nitrogens is 1. The van der Waals surface area contributed by atoms with E-state index in [1.165, 1.54) is 5.56 Å². The fourth-order valence-corrected chi connectivity index (χ4v) is 2.40. The van der Waals surface area contributed by atoms with E-state index < -0.39 is 0 Å². The minimum absolute atomic E-state index is 0. The standard InChI is InChI=1S/C17H26NO2.HI/c1-6-18(7-2,13-16-11-9-8-10-12-16)15(5)20-17(19)14(3)4;/h8-12,15H,3,6-7,13H2,1-2,4-5H3;1H/q+1;/p-1. The van der Waals surface area contributed by atoms with Gasteiger partial charge in [0.1, 0.15) is 6.54 Å². The summed E-state index contributed by atoms with van der Waals surface area (Å²) in [5.74, 6) is -0.310. The summed E-state index contributed by atoms with van der Waals surface area (Å²) in [4.78, 5) is 11.8. The number of benzene rings is 1. The van der Waals surface area contributed by atoms with Gasteiger partial charge in [-0.05, 0) is 20.8 Å². The fourth-order valence-electron chi connectivity index (χ4n) is 2.40. The van der Waals surface area contributed by atoms with E-state index in [1.807, 2.05) is 25.1 Å². The second-order valence-corrected chi connectivity index (χ2v) is 5.28. The molecule has 0 bridgehead atoms. The summed E-state index contributed by atoms with van der Waals surface area (Å²) in [5.41, 5.74) is 1.70.